The standard InChI is InChI=1S/C17H11Cl2IN2O2/c1-9-14(17(23)21-13-8-3-2-7-12(13)20)16(22-24-9)15-10(18)5-4-6-11(15)19/h2-8H,1H3,(H,21,23). The topological polar surface area (TPSA) is 55.1 Å². The first-order valence-corrected chi connectivity index (χ1v) is 8.79. The van der Waals surface area contributed by atoms with Crippen molar-refractivity contribution in [2.45, 2.75) is 6.92 Å². The summed E-state index contributed by atoms with van der Waals surface area (Å²) in [5.41, 5.74) is 1.82. The highest BCUT2D eigenvalue weighted by Gasteiger charge is 2.25. The molecule has 0 fully saturated rings. The zero-order chi connectivity index (χ0) is 17.3. The Hall–Kier alpha value is -1.57. The summed E-state index contributed by atoms with van der Waals surface area (Å²) in [6.45, 7) is 1.67. The number of halogens is 3. The fourth-order valence-corrected chi connectivity index (χ4v) is 3.38. The van der Waals surface area contributed by atoms with E-state index in [1.165, 1.54) is 0 Å². The van der Waals surface area contributed by atoms with Crippen molar-refractivity contribution in [1.82, 2.24) is 5.16 Å². The summed E-state index contributed by atoms with van der Waals surface area (Å²) in [6, 6.07) is 12.6. The molecule has 0 spiro atoms. The minimum atomic E-state index is -0.330. The van der Waals surface area contributed by atoms with Crippen molar-refractivity contribution < 1.29 is 9.32 Å². The minimum Gasteiger partial charge on any atom is -0.360 e. The van der Waals surface area contributed by atoms with Gasteiger partial charge in [-0.1, -0.05) is 46.6 Å². The molecule has 24 heavy (non-hydrogen) atoms. The van der Waals surface area contributed by atoms with Crippen LogP contribution in [0.15, 0.2) is 47.0 Å². The molecular weight excluding hydrogens is 462 g/mol. The average Bonchev–Trinajstić information content (AvgIpc) is 2.91. The van der Waals surface area contributed by atoms with Gasteiger partial charge in [-0.15, -0.1) is 0 Å². The predicted molar refractivity (Wildman–Crippen MR) is 104 cm³/mol. The molecule has 122 valence electrons. The van der Waals surface area contributed by atoms with E-state index in [2.05, 4.69) is 33.1 Å². The van der Waals surface area contributed by atoms with Gasteiger partial charge < -0.3 is 9.84 Å². The monoisotopic (exact) mass is 472 g/mol. The molecule has 1 N–H and O–H groups in total. The maximum absolute atomic E-state index is 12.8. The number of aromatic nitrogens is 1. The second-order valence-corrected chi connectivity index (χ2v) is 6.97. The summed E-state index contributed by atoms with van der Waals surface area (Å²) in [7, 11) is 0. The maximum Gasteiger partial charge on any atom is 0.261 e. The zero-order valence-electron chi connectivity index (χ0n) is 12.4. The van der Waals surface area contributed by atoms with Gasteiger partial charge >= 0.3 is 0 Å². The van der Waals surface area contributed by atoms with Crippen LogP contribution in [-0.4, -0.2) is 11.1 Å². The number of hydrogen-bond donors (Lipinski definition) is 1. The number of nitrogens with zero attached hydrogens (tertiary/aromatic N) is 1. The molecule has 0 aliphatic rings. The molecule has 7 heteroatoms. The van der Waals surface area contributed by atoms with Crippen molar-refractivity contribution in [1.29, 1.82) is 0 Å². The van der Waals surface area contributed by atoms with Gasteiger partial charge in [0, 0.05) is 9.13 Å². The van der Waals surface area contributed by atoms with Crippen molar-refractivity contribution in [2.75, 3.05) is 5.32 Å². The minimum absolute atomic E-state index is 0.310. The molecule has 1 heterocycles. The Labute approximate surface area is 162 Å². The third-order valence-corrected chi connectivity index (χ3v) is 4.98. The van der Waals surface area contributed by atoms with Crippen LogP contribution in [0.5, 0.6) is 0 Å². The Morgan fingerprint density at radius 3 is 2.46 bits per heavy atom. The number of anilines is 1. The molecule has 3 aromatic rings. The van der Waals surface area contributed by atoms with E-state index in [1.807, 2.05) is 24.3 Å². The third-order valence-electron chi connectivity index (χ3n) is 3.41. The highest BCUT2D eigenvalue weighted by Crippen LogP contribution is 2.37. The highest BCUT2D eigenvalue weighted by molar-refractivity contribution is 14.1. The smallest absolute Gasteiger partial charge is 0.261 e. The van der Waals surface area contributed by atoms with Crippen LogP contribution in [0.2, 0.25) is 10.0 Å². The van der Waals surface area contributed by atoms with Gasteiger partial charge in [-0.25, -0.2) is 0 Å². The molecular formula is C17H11Cl2IN2O2. The van der Waals surface area contributed by atoms with Crippen LogP contribution < -0.4 is 5.32 Å². The molecule has 0 saturated carbocycles. The van der Waals surface area contributed by atoms with Crippen LogP contribution in [0.4, 0.5) is 5.69 Å². The number of para-hydroxylation sites is 1. The number of nitrogens with one attached hydrogen (secondary N) is 1. The molecule has 4 nitrogen and oxygen atoms in total. The van der Waals surface area contributed by atoms with Crippen LogP contribution >= 0.6 is 45.8 Å². The molecule has 2 aromatic carbocycles. The van der Waals surface area contributed by atoms with E-state index >= 15 is 0 Å². The van der Waals surface area contributed by atoms with Gasteiger partial charge in [0.1, 0.15) is 17.0 Å². The van der Waals surface area contributed by atoms with Crippen molar-refractivity contribution >= 4 is 57.4 Å². The van der Waals surface area contributed by atoms with Gasteiger partial charge in [-0.2, -0.15) is 0 Å². The summed E-state index contributed by atoms with van der Waals surface area (Å²) >= 11 is 14.6. The van der Waals surface area contributed by atoms with Crippen LogP contribution in [-0.2, 0) is 0 Å². The van der Waals surface area contributed by atoms with Gasteiger partial charge in [-0.05, 0) is 53.8 Å². The van der Waals surface area contributed by atoms with E-state index in [0.29, 0.717) is 38.3 Å². The van der Waals surface area contributed by atoms with Crippen LogP contribution in [0.3, 0.4) is 0 Å². The second-order valence-electron chi connectivity index (χ2n) is 4.99. The lowest BCUT2D eigenvalue weighted by Gasteiger charge is -2.09. The Bertz CT molecular complexity index is 904. The Balaban J connectivity index is 2.05. The number of hydrogen-bond acceptors (Lipinski definition) is 3. The molecule has 1 amide bonds. The maximum atomic E-state index is 12.8. The first kappa shape index (κ1) is 17.3. The zero-order valence-corrected chi connectivity index (χ0v) is 16.1. The second kappa shape index (κ2) is 7.13. The van der Waals surface area contributed by atoms with E-state index in [4.69, 9.17) is 27.7 Å². The molecule has 0 saturated heterocycles. The van der Waals surface area contributed by atoms with Crippen LogP contribution in [0, 0.1) is 10.5 Å². The van der Waals surface area contributed by atoms with Gasteiger partial charge in [0.15, 0.2) is 0 Å². The lowest BCUT2D eigenvalue weighted by molar-refractivity contribution is 0.102. The first-order valence-electron chi connectivity index (χ1n) is 6.95. The molecule has 0 unspecified atom stereocenters. The number of rotatable bonds is 3. The normalized spacial score (nSPS) is 10.7. The van der Waals surface area contributed by atoms with E-state index in [0.717, 1.165) is 3.57 Å². The Morgan fingerprint density at radius 2 is 1.79 bits per heavy atom. The van der Waals surface area contributed by atoms with E-state index in [-0.39, 0.29) is 5.91 Å². The van der Waals surface area contributed by atoms with Gasteiger partial charge in [0.05, 0.1) is 15.7 Å². The summed E-state index contributed by atoms with van der Waals surface area (Å²) in [5, 5.41) is 7.66. The molecule has 0 radical (unpaired) electrons. The first-order chi connectivity index (χ1) is 11.5. The van der Waals surface area contributed by atoms with E-state index < -0.39 is 0 Å². The van der Waals surface area contributed by atoms with Crippen molar-refractivity contribution in [3.63, 3.8) is 0 Å². The molecule has 0 bridgehead atoms. The van der Waals surface area contributed by atoms with Gasteiger partial charge in [0.2, 0.25) is 0 Å². The van der Waals surface area contributed by atoms with Crippen molar-refractivity contribution in [3.05, 3.63) is 67.4 Å². The van der Waals surface area contributed by atoms with Gasteiger partial charge in [0.25, 0.3) is 5.91 Å². The largest absolute Gasteiger partial charge is 0.360 e. The van der Waals surface area contributed by atoms with E-state index in [1.54, 1.807) is 25.1 Å². The Morgan fingerprint density at radius 1 is 1.12 bits per heavy atom. The molecule has 0 atom stereocenters. The molecule has 1 aromatic heterocycles. The third kappa shape index (κ3) is 3.29. The van der Waals surface area contributed by atoms with Crippen molar-refractivity contribution in [2.24, 2.45) is 0 Å². The quantitative estimate of drug-likeness (QED) is 0.489. The highest BCUT2D eigenvalue weighted by atomic mass is 127. The number of aryl methyl sites for hydroxylation is 1. The summed E-state index contributed by atoms with van der Waals surface area (Å²) < 4.78 is 6.14. The number of benzene rings is 2. The summed E-state index contributed by atoms with van der Waals surface area (Å²) in [4.78, 5) is 12.8. The lowest BCUT2D eigenvalue weighted by atomic mass is 10.1. The Kier molecular flexibility index (Phi) is 5.12. The van der Waals surface area contributed by atoms with Crippen LogP contribution in [0.25, 0.3) is 11.3 Å². The summed E-state index contributed by atoms with van der Waals surface area (Å²) in [5.74, 6) is 0.0632. The average molecular weight is 473 g/mol. The SMILES string of the molecule is Cc1onc(-c2c(Cl)cccc2Cl)c1C(=O)Nc1ccccc1I. The molecule has 0 aliphatic carbocycles. The molecule has 0 aliphatic heterocycles. The van der Waals surface area contributed by atoms with E-state index in [9.17, 15) is 4.79 Å². The lowest BCUT2D eigenvalue weighted by Crippen LogP contribution is -2.14. The molecule has 3 rings (SSSR count). The fourth-order valence-electron chi connectivity index (χ4n) is 2.28. The van der Waals surface area contributed by atoms with Gasteiger partial charge in [-0.3, -0.25) is 4.79 Å². The fraction of sp³-hybridized carbons (Fsp3) is 0.0588. The number of carbonyl (C=O) groups excluding carboxylic acids is 1. The predicted octanol–water partition coefficient (Wildman–Crippen LogP) is 5.81. The number of amides is 1. The summed E-state index contributed by atoms with van der Waals surface area (Å²) in [6.07, 6.45) is 0. The number of carbonyl (C=O) groups is 1. The van der Waals surface area contributed by atoms with Crippen LogP contribution in [0.1, 0.15) is 16.1 Å². The van der Waals surface area contributed by atoms with Crippen molar-refractivity contribution in [3.8, 4) is 11.3 Å².